The average molecular weight is 549 g/mol. The minimum absolute atomic E-state index is 0.222. The molecule has 216 valence electrons. The molecular formula is C33H44N2O5. The molecule has 3 aliphatic rings. The van der Waals surface area contributed by atoms with Gasteiger partial charge in [-0.1, -0.05) is 96.5 Å². The molecule has 3 aliphatic heterocycles. The first-order valence-electron chi connectivity index (χ1n) is 14.4. The van der Waals surface area contributed by atoms with Gasteiger partial charge in [0.15, 0.2) is 0 Å². The lowest BCUT2D eigenvalue weighted by atomic mass is 9.79. The van der Waals surface area contributed by atoms with E-state index in [2.05, 4.69) is 67.7 Å². The van der Waals surface area contributed by atoms with Gasteiger partial charge in [-0.2, -0.15) is 0 Å². The third-order valence-electron chi connectivity index (χ3n) is 8.54. The molecule has 1 fully saturated rings. The summed E-state index contributed by atoms with van der Waals surface area (Å²) in [7, 11) is 0. The van der Waals surface area contributed by atoms with Crippen molar-refractivity contribution < 1.29 is 24.2 Å². The summed E-state index contributed by atoms with van der Waals surface area (Å²) in [6.45, 7) is 12.2. The molecule has 3 heterocycles. The Kier molecular flexibility index (Phi) is 8.34. The monoisotopic (exact) mass is 548 g/mol. The fraction of sp³-hybridized carbons (Fsp3) is 0.545. The summed E-state index contributed by atoms with van der Waals surface area (Å²) in [5, 5.41) is 12.9. The molecule has 0 aliphatic carbocycles. The maximum absolute atomic E-state index is 13.9. The Bertz CT molecular complexity index is 1250. The van der Waals surface area contributed by atoms with Crippen LogP contribution in [0.3, 0.4) is 0 Å². The van der Waals surface area contributed by atoms with Gasteiger partial charge < -0.3 is 20.1 Å². The highest BCUT2D eigenvalue weighted by Gasteiger charge is 2.50. The number of aliphatic carboxylic acids is 1. The Morgan fingerprint density at radius 2 is 1.70 bits per heavy atom. The number of amides is 2. The Balaban J connectivity index is 1.74. The first-order chi connectivity index (χ1) is 18.7. The van der Waals surface area contributed by atoms with Crippen molar-refractivity contribution in [2.45, 2.75) is 91.1 Å². The molecular weight excluding hydrogens is 504 g/mol. The molecule has 5 rings (SSSR count). The number of alkyl carbamates (subject to hydrolysis) is 1. The van der Waals surface area contributed by atoms with E-state index in [4.69, 9.17) is 4.74 Å². The van der Waals surface area contributed by atoms with Crippen LogP contribution in [0.5, 0.6) is 0 Å². The molecule has 2 amide bonds. The maximum atomic E-state index is 13.9. The van der Waals surface area contributed by atoms with Crippen molar-refractivity contribution in [2.75, 3.05) is 13.2 Å². The summed E-state index contributed by atoms with van der Waals surface area (Å²) in [6.07, 6.45) is 3.51. The Labute approximate surface area is 238 Å². The number of nitrogens with one attached hydrogen (secondary N) is 1. The van der Waals surface area contributed by atoms with E-state index in [1.807, 2.05) is 27.7 Å². The summed E-state index contributed by atoms with van der Waals surface area (Å²) >= 11 is 0. The summed E-state index contributed by atoms with van der Waals surface area (Å²) in [5.41, 5.74) is 3.19. The molecule has 2 N–H and O–H groups in total. The van der Waals surface area contributed by atoms with Gasteiger partial charge in [0.1, 0.15) is 12.1 Å². The molecule has 7 heteroatoms. The number of aryl methyl sites for hydroxylation is 1. The number of fused-ring (bicyclic) bond motifs is 12. The number of rotatable bonds is 1. The molecule has 4 bridgehead atoms. The number of carboxylic acid groups (broad SMARTS) is 1. The van der Waals surface area contributed by atoms with E-state index in [1.165, 1.54) is 16.0 Å². The van der Waals surface area contributed by atoms with Crippen molar-refractivity contribution in [1.82, 2.24) is 10.2 Å². The SMILES string of the molecule is CC1(C)CCCCc2ccccc2-c2ccc(cc2)C2(C)C[C@@H](C(=O)O)N(C2)C(=O)[C@H](C(C)(C)C)NC(=O)OC1. The van der Waals surface area contributed by atoms with Crippen LogP contribution in [0.1, 0.15) is 78.4 Å². The quantitative estimate of drug-likeness (QED) is 0.443. The van der Waals surface area contributed by atoms with Gasteiger partial charge in [-0.25, -0.2) is 9.59 Å². The minimum Gasteiger partial charge on any atom is -0.480 e. The largest absolute Gasteiger partial charge is 0.480 e. The highest BCUT2D eigenvalue weighted by molar-refractivity contribution is 5.90. The lowest BCUT2D eigenvalue weighted by Gasteiger charge is -2.35. The zero-order chi connectivity index (χ0) is 29.3. The van der Waals surface area contributed by atoms with Gasteiger partial charge in [-0.05, 0) is 58.8 Å². The number of carboxylic acids is 1. The Hall–Kier alpha value is -3.35. The topological polar surface area (TPSA) is 95.9 Å². The maximum Gasteiger partial charge on any atom is 0.407 e. The van der Waals surface area contributed by atoms with Crippen LogP contribution in [-0.2, 0) is 26.2 Å². The van der Waals surface area contributed by atoms with Gasteiger partial charge in [0.25, 0.3) is 0 Å². The van der Waals surface area contributed by atoms with E-state index >= 15 is 0 Å². The van der Waals surface area contributed by atoms with E-state index in [9.17, 15) is 19.5 Å². The van der Waals surface area contributed by atoms with Gasteiger partial charge in [0.05, 0.1) is 6.61 Å². The summed E-state index contributed by atoms with van der Waals surface area (Å²) < 4.78 is 5.62. The number of carbonyl (C=O) groups excluding carboxylic acids is 2. The predicted molar refractivity (Wildman–Crippen MR) is 156 cm³/mol. The Morgan fingerprint density at radius 3 is 2.35 bits per heavy atom. The molecule has 1 saturated heterocycles. The standard InChI is InChI=1S/C33H44N2O5/c1-31(2,3)27-28(36)35-20-33(6,19-26(35)29(37)38)24-16-14-23(15-17-24)25-13-8-7-11-22(25)12-9-10-18-32(4,5)21-40-30(39)34-27/h7-8,11,13-17,26-27H,9-10,12,18-21H2,1-6H3,(H,34,39)(H,37,38)/t26-,27+,33?/m0/s1. The third kappa shape index (κ3) is 6.51. The summed E-state index contributed by atoms with van der Waals surface area (Å²) in [6, 6.07) is 14.9. The molecule has 3 atom stereocenters. The van der Waals surface area contributed by atoms with Gasteiger partial charge in [-0.15, -0.1) is 0 Å². The van der Waals surface area contributed by atoms with Crippen molar-refractivity contribution >= 4 is 18.0 Å². The fourth-order valence-electron chi connectivity index (χ4n) is 6.05. The number of nitrogens with zero attached hydrogens (tertiary/aromatic N) is 1. The summed E-state index contributed by atoms with van der Waals surface area (Å²) in [5.74, 6) is -1.45. The second-order valence-corrected chi connectivity index (χ2v) is 13.7. The molecule has 2 aromatic carbocycles. The third-order valence-corrected chi connectivity index (χ3v) is 8.54. The molecule has 0 radical (unpaired) electrons. The minimum atomic E-state index is -1.04. The van der Waals surface area contributed by atoms with Gasteiger partial charge in [0, 0.05) is 12.0 Å². The van der Waals surface area contributed by atoms with Crippen LogP contribution in [0.4, 0.5) is 4.79 Å². The lowest BCUT2D eigenvalue weighted by Crippen LogP contribution is -2.57. The predicted octanol–water partition coefficient (Wildman–Crippen LogP) is 6.19. The van der Waals surface area contributed by atoms with E-state index in [-0.39, 0.29) is 18.6 Å². The highest BCUT2D eigenvalue weighted by atomic mass is 16.5. The molecule has 2 aromatic rings. The van der Waals surface area contributed by atoms with Crippen molar-refractivity contribution in [1.29, 1.82) is 0 Å². The first kappa shape index (κ1) is 29.6. The second kappa shape index (κ2) is 11.3. The normalized spacial score (nSPS) is 26.0. The molecule has 0 aromatic heterocycles. The van der Waals surface area contributed by atoms with E-state index in [1.54, 1.807) is 0 Å². The van der Waals surface area contributed by atoms with Crippen molar-refractivity contribution in [2.24, 2.45) is 10.8 Å². The number of carbonyl (C=O) groups is 3. The molecule has 7 nitrogen and oxygen atoms in total. The Morgan fingerprint density at radius 1 is 1.02 bits per heavy atom. The van der Waals surface area contributed by atoms with Crippen LogP contribution < -0.4 is 5.32 Å². The van der Waals surface area contributed by atoms with Crippen LogP contribution in [0, 0.1) is 10.8 Å². The van der Waals surface area contributed by atoms with Crippen LogP contribution >= 0.6 is 0 Å². The van der Waals surface area contributed by atoms with E-state index in [0.29, 0.717) is 6.42 Å². The zero-order valence-electron chi connectivity index (χ0n) is 24.8. The number of hydrogen-bond donors (Lipinski definition) is 2. The first-order valence-corrected chi connectivity index (χ1v) is 14.4. The zero-order valence-corrected chi connectivity index (χ0v) is 24.8. The summed E-state index contributed by atoms with van der Waals surface area (Å²) in [4.78, 5) is 40.7. The van der Waals surface area contributed by atoms with Crippen molar-refractivity contribution in [3.63, 3.8) is 0 Å². The molecule has 1 unspecified atom stereocenters. The fourth-order valence-corrected chi connectivity index (χ4v) is 6.05. The van der Waals surface area contributed by atoms with Gasteiger partial charge in [-0.3, -0.25) is 4.79 Å². The average Bonchev–Trinajstić information content (AvgIpc) is 3.27. The van der Waals surface area contributed by atoms with E-state index < -0.39 is 40.9 Å². The lowest BCUT2D eigenvalue weighted by molar-refractivity contribution is -0.150. The number of hydrogen-bond acceptors (Lipinski definition) is 4. The van der Waals surface area contributed by atoms with Crippen LogP contribution in [0.15, 0.2) is 48.5 Å². The van der Waals surface area contributed by atoms with Gasteiger partial charge >= 0.3 is 12.1 Å². The van der Waals surface area contributed by atoms with Crippen molar-refractivity contribution in [3.05, 3.63) is 59.7 Å². The number of ether oxygens (including phenoxy) is 1. The number of benzene rings is 2. The highest BCUT2D eigenvalue weighted by Crippen LogP contribution is 2.40. The second-order valence-electron chi connectivity index (χ2n) is 13.7. The molecule has 40 heavy (non-hydrogen) atoms. The van der Waals surface area contributed by atoms with Crippen LogP contribution in [-0.4, -0.2) is 53.2 Å². The smallest absolute Gasteiger partial charge is 0.407 e. The van der Waals surface area contributed by atoms with Crippen LogP contribution in [0.25, 0.3) is 11.1 Å². The van der Waals surface area contributed by atoms with Gasteiger partial charge in [0.2, 0.25) is 5.91 Å². The van der Waals surface area contributed by atoms with Crippen molar-refractivity contribution in [3.8, 4) is 11.1 Å². The molecule has 0 saturated carbocycles. The van der Waals surface area contributed by atoms with Crippen LogP contribution in [0.2, 0.25) is 0 Å². The molecule has 0 spiro atoms. The van der Waals surface area contributed by atoms with E-state index in [0.717, 1.165) is 36.8 Å².